The molecule has 2 aliphatic rings. The number of anilines is 1. The van der Waals surface area contributed by atoms with Crippen LogP contribution in [0, 0.1) is 0 Å². The van der Waals surface area contributed by atoms with E-state index >= 15 is 0 Å². The third kappa shape index (κ3) is 3.28. The number of benzene rings is 2. The van der Waals surface area contributed by atoms with E-state index in [0.29, 0.717) is 18.6 Å². The van der Waals surface area contributed by atoms with Gasteiger partial charge in [0.1, 0.15) is 6.54 Å². The molecule has 0 spiro atoms. The molecule has 0 N–H and O–H groups in total. The fourth-order valence-corrected chi connectivity index (χ4v) is 6.12. The first kappa shape index (κ1) is 20.0. The van der Waals surface area contributed by atoms with Crippen molar-refractivity contribution in [1.82, 2.24) is 8.87 Å². The zero-order valence-electron chi connectivity index (χ0n) is 17.2. The molecular formula is C22H23N3O5S. The van der Waals surface area contributed by atoms with E-state index in [0.717, 1.165) is 30.5 Å². The Balaban J connectivity index is 1.47. The molecule has 2 aromatic carbocycles. The average Bonchev–Trinajstić information content (AvgIpc) is 3.45. The Morgan fingerprint density at radius 2 is 1.87 bits per heavy atom. The fourth-order valence-electron chi connectivity index (χ4n) is 4.59. The van der Waals surface area contributed by atoms with Crippen LogP contribution in [0.4, 0.5) is 5.69 Å². The summed E-state index contributed by atoms with van der Waals surface area (Å²) in [7, 11) is -3.62. The highest BCUT2D eigenvalue weighted by atomic mass is 32.2. The van der Waals surface area contributed by atoms with Gasteiger partial charge in [-0.1, -0.05) is 18.2 Å². The predicted molar refractivity (Wildman–Crippen MR) is 116 cm³/mol. The Labute approximate surface area is 179 Å². The number of rotatable bonds is 4. The Kier molecular flexibility index (Phi) is 4.75. The number of para-hydroxylation sites is 1. The lowest BCUT2D eigenvalue weighted by Gasteiger charge is -2.22. The van der Waals surface area contributed by atoms with Crippen LogP contribution in [0.1, 0.15) is 25.3 Å². The molecule has 0 radical (unpaired) electrons. The molecule has 162 valence electrons. The predicted octanol–water partition coefficient (Wildman–Crippen LogP) is 2.36. The number of fused-ring (bicyclic) bond motifs is 2. The number of carbonyl (C=O) groups is 1. The highest BCUT2D eigenvalue weighted by Gasteiger charge is 2.32. The molecule has 5 rings (SSSR count). The molecule has 1 aromatic heterocycles. The van der Waals surface area contributed by atoms with E-state index in [2.05, 4.69) is 0 Å². The number of amides is 1. The highest BCUT2D eigenvalue weighted by molar-refractivity contribution is 7.89. The lowest BCUT2D eigenvalue weighted by Crippen LogP contribution is -2.39. The summed E-state index contributed by atoms with van der Waals surface area (Å²) in [5.74, 6) is -0.893. The molecule has 1 atom stereocenters. The van der Waals surface area contributed by atoms with Gasteiger partial charge in [0, 0.05) is 30.9 Å². The number of hydrogen-bond donors (Lipinski definition) is 0. The zero-order valence-corrected chi connectivity index (χ0v) is 18.0. The van der Waals surface area contributed by atoms with Crippen LogP contribution in [0.25, 0.3) is 11.1 Å². The van der Waals surface area contributed by atoms with E-state index < -0.39 is 15.8 Å². The normalized spacial score (nSPS) is 19.3. The van der Waals surface area contributed by atoms with Crippen molar-refractivity contribution in [2.45, 2.75) is 43.7 Å². The van der Waals surface area contributed by atoms with E-state index in [1.165, 1.54) is 27.1 Å². The third-order valence-corrected chi connectivity index (χ3v) is 8.01. The maximum atomic E-state index is 13.1. The summed E-state index contributed by atoms with van der Waals surface area (Å²) in [6, 6.07) is 12.1. The minimum Gasteiger partial charge on any atom is -0.408 e. The summed E-state index contributed by atoms with van der Waals surface area (Å²) < 4.78 is 33.6. The molecule has 8 nitrogen and oxygen atoms in total. The second-order valence-electron chi connectivity index (χ2n) is 8.14. The summed E-state index contributed by atoms with van der Waals surface area (Å²) in [5, 5.41) is 0. The van der Waals surface area contributed by atoms with Gasteiger partial charge in [-0.05, 0) is 49.9 Å². The number of sulfonamides is 1. The molecule has 1 fully saturated rings. The quantitative estimate of drug-likeness (QED) is 0.620. The van der Waals surface area contributed by atoms with Crippen LogP contribution in [-0.4, -0.2) is 42.3 Å². The van der Waals surface area contributed by atoms with Gasteiger partial charge < -0.3 is 9.32 Å². The summed E-state index contributed by atoms with van der Waals surface area (Å²) in [6.45, 7) is 2.79. The van der Waals surface area contributed by atoms with Crippen molar-refractivity contribution in [1.29, 1.82) is 0 Å². The highest BCUT2D eigenvalue weighted by Crippen LogP contribution is 2.32. The summed E-state index contributed by atoms with van der Waals surface area (Å²) in [4.78, 5) is 27.4. The van der Waals surface area contributed by atoms with E-state index in [1.807, 2.05) is 31.2 Å². The first-order valence-electron chi connectivity index (χ1n) is 10.4. The molecular weight excluding hydrogens is 418 g/mol. The minimum atomic E-state index is -3.62. The molecule has 0 aliphatic carbocycles. The Morgan fingerprint density at radius 1 is 1.13 bits per heavy atom. The van der Waals surface area contributed by atoms with E-state index in [4.69, 9.17) is 4.42 Å². The maximum Gasteiger partial charge on any atom is 0.420 e. The van der Waals surface area contributed by atoms with Crippen molar-refractivity contribution in [2.75, 3.05) is 18.0 Å². The van der Waals surface area contributed by atoms with Crippen LogP contribution < -0.4 is 10.7 Å². The van der Waals surface area contributed by atoms with Crippen LogP contribution in [-0.2, 0) is 27.8 Å². The standard InChI is InChI=1S/C22H23N3O5S/c1-15-12-16-6-2-3-7-18(16)25(15)21(26)14-24-19-9-8-17(13-20(19)30-22(24)27)31(28,29)23-10-4-5-11-23/h2-3,6-9,13,15H,4-5,10-12,14H2,1H3. The molecule has 31 heavy (non-hydrogen) atoms. The van der Waals surface area contributed by atoms with Crippen molar-refractivity contribution in [3.05, 3.63) is 58.6 Å². The van der Waals surface area contributed by atoms with E-state index in [-0.39, 0.29) is 29.0 Å². The molecule has 2 aliphatic heterocycles. The van der Waals surface area contributed by atoms with Crippen molar-refractivity contribution in [2.24, 2.45) is 0 Å². The largest absolute Gasteiger partial charge is 0.420 e. The first-order valence-corrected chi connectivity index (χ1v) is 11.8. The number of aromatic nitrogens is 1. The van der Waals surface area contributed by atoms with E-state index in [9.17, 15) is 18.0 Å². The van der Waals surface area contributed by atoms with Gasteiger partial charge in [-0.15, -0.1) is 0 Å². The van der Waals surface area contributed by atoms with Crippen molar-refractivity contribution >= 4 is 32.7 Å². The van der Waals surface area contributed by atoms with Gasteiger partial charge in [0.05, 0.1) is 10.4 Å². The molecule has 1 unspecified atom stereocenters. The first-order chi connectivity index (χ1) is 14.9. The number of hydrogen-bond acceptors (Lipinski definition) is 5. The van der Waals surface area contributed by atoms with E-state index in [1.54, 1.807) is 4.90 Å². The zero-order chi connectivity index (χ0) is 21.8. The van der Waals surface area contributed by atoms with Crippen LogP contribution in [0.3, 0.4) is 0 Å². The average molecular weight is 442 g/mol. The lowest BCUT2D eigenvalue weighted by molar-refractivity contribution is -0.119. The molecule has 3 aromatic rings. The number of carbonyl (C=O) groups excluding carboxylic acids is 1. The summed E-state index contributed by atoms with van der Waals surface area (Å²) in [5.41, 5.74) is 2.52. The summed E-state index contributed by atoms with van der Waals surface area (Å²) in [6.07, 6.45) is 2.45. The van der Waals surface area contributed by atoms with Crippen LogP contribution in [0.15, 0.2) is 56.6 Å². The Morgan fingerprint density at radius 3 is 2.65 bits per heavy atom. The van der Waals surface area contributed by atoms with Gasteiger partial charge in [-0.3, -0.25) is 9.36 Å². The topological polar surface area (TPSA) is 92.8 Å². The van der Waals surface area contributed by atoms with Crippen molar-refractivity contribution in [3.63, 3.8) is 0 Å². The number of nitrogens with zero attached hydrogens (tertiary/aromatic N) is 3. The SMILES string of the molecule is CC1Cc2ccccc2N1C(=O)Cn1c(=O)oc2cc(S(=O)(=O)N3CCCC3)ccc21. The second-order valence-corrected chi connectivity index (χ2v) is 10.1. The lowest BCUT2D eigenvalue weighted by atomic mass is 10.1. The molecule has 9 heteroatoms. The van der Waals surface area contributed by atoms with Gasteiger partial charge in [0.2, 0.25) is 15.9 Å². The smallest absolute Gasteiger partial charge is 0.408 e. The van der Waals surface area contributed by atoms with Crippen LogP contribution in [0.5, 0.6) is 0 Å². The van der Waals surface area contributed by atoms with Gasteiger partial charge >= 0.3 is 5.76 Å². The second kappa shape index (κ2) is 7.35. The Hall–Kier alpha value is -2.91. The van der Waals surface area contributed by atoms with Crippen molar-refractivity contribution < 1.29 is 17.6 Å². The molecule has 0 saturated carbocycles. The molecule has 1 amide bonds. The third-order valence-electron chi connectivity index (χ3n) is 6.11. The number of oxazole rings is 1. The van der Waals surface area contributed by atoms with Gasteiger partial charge in [-0.25, -0.2) is 13.2 Å². The summed E-state index contributed by atoms with van der Waals surface area (Å²) >= 11 is 0. The molecule has 1 saturated heterocycles. The fraction of sp³-hybridized carbons (Fsp3) is 0.364. The minimum absolute atomic E-state index is 0.00373. The monoisotopic (exact) mass is 441 g/mol. The van der Waals surface area contributed by atoms with Gasteiger partial charge in [0.15, 0.2) is 5.58 Å². The molecule has 3 heterocycles. The van der Waals surface area contributed by atoms with Gasteiger partial charge in [-0.2, -0.15) is 4.31 Å². The molecule has 0 bridgehead atoms. The van der Waals surface area contributed by atoms with Gasteiger partial charge in [0.25, 0.3) is 0 Å². The van der Waals surface area contributed by atoms with Crippen molar-refractivity contribution in [3.8, 4) is 0 Å². The Bertz CT molecular complexity index is 1330. The van der Waals surface area contributed by atoms with Crippen LogP contribution >= 0.6 is 0 Å². The van der Waals surface area contributed by atoms with Crippen LogP contribution in [0.2, 0.25) is 0 Å². The maximum absolute atomic E-state index is 13.1.